The van der Waals surface area contributed by atoms with Gasteiger partial charge in [-0.25, -0.2) is 0 Å². The highest BCUT2D eigenvalue weighted by Gasteiger charge is 2.38. The van der Waals surface area contributed by atoms with Gasteiger partial charge in [0.15, 0.2) is 0 Å². The van der Waals surface area contributed by atoms with E-state index < -0.39 is 0 Å². The fourth-order valence-electron chi connectivity index (χ4n) is 2.93. The summed E-state index contributed by atoms with van der Waals surface area (Å²) in [5.41, 5.74) is 6.83. The molecule has 1 saturated heterocycles. The first-order chi connectivity index (χ1) is 8.77. The summed E-state index contributed by atoms with van der Waals surface area (Å²) in [6.45, 7) is 1.28. The molecule has 0 aromatic carbocycles. The monoisotopic (exact) mass is 247 g/mol. The second kappa shape index (κ2) is 4.57. The van der Waals surface area contributed by atoms with Crippen molar-refractivity contribution in [3.05, 3.63) is 24.0 Å². The van der Waals surface area contributed by atoms with E-state index in [2.05, 4.69) is 4.98 Å². The average molecular weight is 247 g/mol. The van der Waals surface area contributed by atoms with Crippen LogP contribution in [-0.4, -0.2) is 41.1 Å². The molecule has 1 aromatic rings. The van der Waals surface area contributed by atoms with Crippen LogP contribution in [0.1, 0.15) is 29.6 Å². The van der Waals surface area contributed by atoms with Crippen LogP contribution < -0.4 is 5.73 Å². The van der Waals surface area contributed by atoms with Crippen molar-refractivity contribution in [2.45, 2.75) is 31.4 Å². The third-order valence-corrected chi connectivity index (χ3v) is 3.83. The van der Waals surface area contributed by atoms with Crippen LogP contribution in [0, 0.1) is 0 Å². The number of hydrogen-bond donors (Lipinski definition) is 1. The first kappa shape index (κ1) is 11.5. The van der Waals surface area contributed by atoms with Gasteiger partial charge in [0.1, 0.15) is 0 Å². The number of pyridine rings is 1. The van der Waals surface area contributed by atoms with Crippen LogP contribution in [0.2, 0.25) is 0 Å². The largest absolute Gasteiger partial charge is 0.397 e. The molecule has 96 valence electrons. The summed E-state index contributed by atoms with van der Waals surface area (Å²) in [6.07, 6.45) is 6.56. The van der Waals surface area contributed by atoms with Gasteiger partial charge in [-0.3, -0.25) is 9.78 Å². The molecule has 1 saturated carbocycles. The Morgan fingerprint density at radius 2 is 2.39 bits per heavy atom. The van der Waals surface area contributed by atoms with Gasteiger partial charge in [-0.15, -0.1) is 0 Å². The Hall–Kier alpha value is -1.62. The second-order valence-corrected chi connectivity index (χ2v) is 4.87. The summed E-state index contributed by atoms with van der Waals surface area (Å²) < 4.78 is 5.71. The van der Waals surface area contributed by atoms with Crippen LogP contribution in [0.25, 0.3) is 0 Å². The first-order valence-corrected chi connectivity index (χ1v) is 6.39. The van der Waals surface area contributed by atoms with Gasteiger partial charge in [-0.1, -0.05) is 0 Å². The summed E-state index contributed by atoms with van der Waals surface area (Å²) in [6, 6.07) is 1.91. The number of anilines is 1. The van der Waals surface area contributed by atoms with E-state index in [1.165, 1.54) is 6.20 Å². The van der Waals surface area contributed by atoms with Gasteiger partial charge in [0.2, 0.25) is 0 Å². The fraction of sp³-hybridized carbons (Fsp3) is 0.538. The lowest BCUT2D eigenvalue weighted by atomic mass is 10.1. The Bertz CT molecular complexity index is 463. The predicted molar refractivity (Wildman–Crippen MR) is 67.1 cm³/mol. The Labute approximate surface area is 106 Å². The minimum absolute atomic E-state index is 0.00935. The average Bonchev–Trinajstić information content (AvgIpc) is 2.86. The van der Waals surface area contributed by atoms with Gasteiger partial charge in [0, 0.05) is 12.7 Å². The molecule has 1 amide bonds. The molecule has 0 bridgehead atoms. The zero-order valence-corrected chi connectivity index (χ0v) is 10.2. The number of amides is 1. The van der Waals surface area contributed by atoms with Gasteiger partial charge in [0.05, 0.1) is 36.2 Å². The van der Waals surface area contributed by atoms with Crippen molar-refractivity contribution in [2.75, 3.05) is 18.9 Å². The molecule has 0 spiro atoms. The maximum Gasteiger partial charge on any atom is 0.256 e. The highest BCUT2D eigenvalue weighted by molar-refractivity contribution is 5.99. The molecule has 2 aliphatic rings. The molecule has 2 atom stereocenters. The number of rotatable bonds is 1. The highest BCUT2D eigenvalue weighted by Crippen LogP contribution is 2.31. The molecule has 1 aliphatic carbocycles. The van der Waals surface area contributed by atoms with E-state index in [0.717, 1.165) is 19.3 Å². The summed E-state index contributed by atoms with van der Waals surface area (Å²) in [7, 11) is 0. The van der Waals surface area contributed by atoms with Crippen molar-refractivity contribution in [3.63, 3.8) is 0 Å². The number of fused-ring (bicyclic) bond motifs is 1. The number of nitrogens with zero attached hydrogens (tertiary/aromatic N) is 2. The number of carbonyl (C=O) groups is 1. The maximum absolute atomic E-state index is 12.5. The molecule has 2 N–H and O–H groups in total. The molecule has 5 heteroatoms. The lowest BCUT2D eigenvalue weighted by molar-refractivity contribution is -0.0445. The van der Waals surface area contributed by atoms with Crippen LogP contribution in [0.5, 0.6) is 0 Å². The summed E-state index contributed by atoms with van der Waals surface area (Å²) in [4.78, 5) is 18.4. The standard InChI is InChI=1S/C13H17N3O2/c14-10-8-15-5-4-9(10)13(17)16-6-7-18-12-3-1-2-11(12)16/h4-5,8,11-12H,1-3,6-7,14H2. The van der Waals surface area contributed by atoms with E-state index in [1.807, 2.05) is 4.90 Å². The van der Waals surface area contributed by atoms with E-state index in [4.69, 9.17) is 10.5 Å². The molecule has 1 aliphatic heterocycles. The van der Waals surface area contributed by atoms with Crippen molar-refractivity contribution < 1.29 is 9.53 Å². The van der Waals surface area contributed by atoms with Gasteiger partial charge < -0.3 is 15.4 Å². The lowest BCUT2D eigenvalue weighted by Crippen LogP contribution is -2.51. The van der Waals surface area contributed by atoms with Crippen molar-refractivity contribution in [1.29, 1.82) is 0 Å². The quantitative estimate of drug-likeness (QED) is 0.805. The molecule has 1 aromatic heterocycles. The molecular weight excluding hydrogens is 230 g/mol. The molecule has 0 radical (unpaired) electrons. The van der Waals surface area contributed by atoms with Crippen molar-refractivity contribution >= 4 is 11.6 Å². The fourth-order valence-corrected chi connectivity index (χ4v) is 2.93. The molecule has 2 heterocycles. The van der Waals surface area contributed by atoms with E-state index in [1.54, 1.807) is 12.3 Å². The minimum Gasteiger partial charge on any atom is -0.397 e. The Balaban J connectivity index is 1.86. The number of nitrogen functional groups attached to an aromatic ring is 1. The third-order valence-electron chi connectivity index (χ3n) is 3.83. The normalized spacial score (nSPS) is 27.0. The SMILES string of the molecule is Nc1cnccc1C(=O)N1CCOC2CCCC21. The summed E-state index contributed by atoms with van der Waals surface area (Å²) >= 11 is 0. The lowest BCUT2D eigenvalue weighted by Gasteiger charge is -2.37. The second-order valence-electron chi connectivity index (χ2n) is 4.87. The smallest absolute Gasteiger partial charge is 0.256 e. The predicted octanol–water partition coefficient (Wildman–Crippen LogP) is 1.06. The van der Waals surface area contributed by atoms with Gasteiger partial charge in [0.25, 0.3) is 5.91 Å². The van der Waals surface area contributed by atoms with Crippen molar-refractivity contribution in [1.82, 2.24) is 9.88 Å². The number of morpholine rings is 1. The zero-order valence-electron chi connectivity index (χ0n) is 10.2. The van der Waals surface area contributed by atoms with Crippen LogP contribution in [0.3, 0.4) is 0 Å². The number of hydrogen-bond acceptors (Lipinski definition) is 4. The molecular formula is C13H17N3O2. The van der Waals surface area contributed by atoms with E-state index in [9.17, 15) is 4.79 Å². The zero-order chi connectivity index (χ0) is 12.5. The van der Waals surface area contributed by atoms with Crippen LogP contribution >= 0.6 is 0 Å². The van der Waals surface area contributed by atoms with E-state index >= 15 is 0 Å². The third kappa shape index (κ3) is 1.84. The topological polar surface area (TPSA) is 68.5 Å². The molecule has 3 rings (SSSR count). The molecule has 5 nitrogen and oxygen atoms in total. The van der Waals surface area contributed by atoms with Crippen LogP contribution in [0.15, 0.2) is 18.5 Å². The molecule has 2 unspecified atom stereocenters. The Morgan fingerprint density at radius 1 is 1.50 bits per heavy atom. The number of ether oxygens (including phenoxy) is 1. The molecule has 2 fully saturated rings. The van der Waals surface area contributed by atoms with Crippen LogP contribution in [-0.2, 0) is 4.74 Å². The van der Waals surface area contributed by atoms with E-state index in [-0.39, 0.29) is 18.1 Å². The Kier molecular flexibility index (Phi) is 2.91. The van der Waals surface area contributed by atoms with Crippen molar-refractivity contribution in [2.24, 2.45) is 0 Å². The van der Waals surface area contributed by atoms with Crippen molar-refractivity contribution in [3.8, 4) is 0 Å². The Morgan fingerprint density at radius 3 is 3.22 bits per heavy atom. The van der Waals surface area contributed by atoms with E-state index in [0.29, 0.717) is 24.4 Å². The first-order valence-electron chi connectivity index (χ1n) is 6.39. The summed E-state index contributed by atoms with van der Waals surface area (Å²) in [5.74, 6) is 0.00935. The van der Waals surface area contributed by atoms with Gasteiger partial charge in [-0.05, 0) is 25.3 Å². The number of aromatic nitrogens is 1. The minimum atomic E-state index is 0.00935. The van der Waals surface area contributed by atoms with Gasteiger partial charge in [-0.2, -0.15) is 0 Å². The summed E-state index contributed by atoms with van der Waals surface area (Å²) in [5, 5.41) is 0. The number of nitrogens with two attached hydrogens (primary N) is 1. The van der Waals surface area contributed by atoms with Gasteiger partial charge >= 0.3 is 0 Å². The van der Waals surface area contributed by atoms with Crippen LogP contribution in [0.4, 0.5) is 5.69 Å². The highest BCUT2D eigenvalue weighted by atomic mass is 16.5. The molecule has 18 heavy (non-hydrogen) atoms. The number of carbonyl (C=O) groups excluding carboxylic acids is 1. The maximum atomic E-state index is 12.5.